The fourth-order valence-corrected chi connectivity index (χ4v) is 1.51. The van der Waals surface area contributed by atoms with E-state index in [1.165, 1.54) is 0 Å². The fourth-order valence-electron chi connectivity index (χ4n) is 1.51. The van der Waals surface area contributed by atoms with Gasteiger partial charge in [0.25, 0.3) is 0 Å². The Morgan fingerprint density at radius 2 is 2.38 bits per heavy atom. The molecule has 5 heteroatoms. The van der Waals surface area contributed by atoms with Gasteiger partial charge in [-0.1, -0.05) is 13.3 Å². The van der Waals surface area contributed by atoms with E-state index in [0.29, 0.717) is 12.3 Å². The van der Waals surface area contributed by atoms with Crippen molar-refractivity contribution in [1.82, 2.24) is 10.3 Å². The van der Waals surface area contributed by atoms with Crippen molar-refractivity contribution in [2.75, 3.05) is 0 Å². The standard InChI is InChI=1S/C11H18N2O3/c1-4-5-9(11(14)15)13-8(3)10-12-6-7(2)16-10/h6,8-9,13H,4-5H2,1-3H3,(H,14,15). The molecule has 1 aromatic rings. The summed E-state index contributed by atoms with van der Waals surface area (Å²) in [5.74, 6) is 0.419. The van der Waals surface area contributed by atoms with Crippen LogP contribution in [0.2, 0.25) is 0 Å². The summed E-state index contributed by atoms with van der Waals surface area (Å²) in [6, 6.07) is -0.742. The van der Waals surface area contributed by atoms with Gasteiger partial charge in [-0.15, -0.1) is 0 Å². The summed E-state index contributed by atoms with van der Waals surface area (Å²) in [7, 11) is 0. The number of carboxylic acids is 1. The maximum atomic E-state index is 10.9. The van der Waals surface area contributed by atoms with Crippen LogP contribution in [0.5, 0.6) is 0 Å². The van der Waals surface area contributed by atoms with Crippen molar-refractivity contribution in [3.05, 3.63) is 17.8 Å². The van der Waals surface area contributed by atoms with Crippen LogP contribution in [0.25, 0.3) is 0 Å². The zero-order chi connectivity index (χ0) is 12.1. The van der Waals surface area contributed by atoms with Gasteiger partial charge in [0.1, 0.15) is 11.8 Å². The molecule has 0 aliphatic carbocycles. The summed E-state index contributed by atoms with van der Waals surface area (Å²) < 4.78 is 5.34. The molecule has 2 N–H and O–H groups in total. The van der Waals surface area contributed by atoms with Gasteiger partial charge in [0, 0.05) is 0 Å². The summed E-state index contributed by atoms with van der Waals surface area (Å²) >= 11 is 0. The van der Waals surface area contributed by atoms with Crippen LogP contribution in [0.4, 0.5) is 0 Å². The van der Waals surface area contributed by atoms with Crippen LogP contribution < -0.4 is 5.32 Å². The first-order valence-electron chi connectivity index (χ1n) is 5.45. The molecule has 2 unspecified atom stereocenters. The minimum absolute atomic E-state index is 0.193. The lowest BCUT2D eigenvalue weighted by Crippen LogP contribution is -2.38. The van der Waals surface area contributed by atoms with E-state index in [0.717, 1.165) is 12.2 Å². The van der Waals surface area contributed by atoms with Crippen molar-refractivity contribution >= 4 is 5.97 Å². The van der Waals surface area contributed by atoms with Crippen LogP contribution in [0.3, 0.4) is 0 Å². The highest BCUT2D eigenvalue weighted by Crippen LogP contribution is 2.13. The Morgan fingerprint density at radius 3 is 2.81 bits per heavy atom. The van der Waals surface area contributed by atoms with E-state index in [9.17, 15) is 4.79 Å². The smallest absolute Gasteiger partial charge is 0.320 e. The molecule has 2 atom stereocenters. The Morgan fingerprint density at radius 1 is 1.69 bits per heavy atom. The number of carboxylic acid groups (broad SMARTS) is 1. The van der Waals surface area contributed by atoms with Gasteiger partial charge in [0.05, 0.1) is 12.2 Å². The lowest BCUT2D eigenvalue weighted by molar-refractivity contribution is -0.139. The maximum absolute atomic E-state index is 10.9. The second kappa shape index (κ2) is 5.65. The van der Waals surface area contributed by atoms with Crippen LogP contribution in [0.1, 0.15) is 44.4 Å². The molecule has 0 saturated carbocycles. The maximum Gasteiger partial charge on any atom is 0.320 e. The molecule has 0 saturated heterocycles. The molecule has 0 aliphatic heterocycles. The van der Waals surface area contributed by atoms with Crippen LogP contribution >= 0.6 is 0 Å². The second-order valence-corrected chi connectivity index (χ2v) is 3.88. The third-order valence-corrected chi connectivity index (χ3v) is 2.34. The number of aliphatic carboxylic acids is 1. The van der Waals surface area contributed by atoms with E-state index in [1.54, 1.807) is 6.20 Å². The third kappa shape index (κ3) is 3.34. The molecule has 0 amide bonds. The molecule has 0 spiro atoms. The largest absolute Gasteiger partial charge is 0.480 e. The van der Waals surface area contributed by atoms with Gasteiger partial charge < -0.3 is 9.52 Å². The minimum Gasteiger partial charge on any atom is -0.480 e. The Balaban J connectivity index is 2.61. The van der Waals surface area contributed by atoms with E-state index in [4.69, 9.17) is 9.52 Å². The zero-order valence-corrected chi connectivity index (χ0v) is 9.86. The van der Waals surface area contributed by atoms with Gasteiger partial charge in [-0.2, -0.15) is 0 Å². The summed E-state index contributed by atoms with van der Waals surface area (Å²) in [5, 5.41) is 12.0. The number of oxazole rings is 1. The number of rotatable bonds is 6. The normalized spacial score (nSPS) is 14.7. The number of carbonyl (C=O) groups is 1. The van der Waals surface area contributed by atoms with Crippen molar-refractivity contribution < 1.29 is 14.3 Å². The van der Waals surface area contributed by atoms with Gasteiger partial charge in [0.15, 0.2) is 0 Å². The Kier molecular flexibility index (Phi) is 4.49. The van der Waals surface area contributed by atoms with Crippen molar-refractivity contribution in [3.8, 4) is 0 Å². The Hall–Kier alpha value is -1.36. The topological polar surface area (TPSA) is 75.4 Å². The fraction of sp³-hybridized carbons (Fsp3) is 0.636. The first-order chi connectivity index (χ1) is 7.54. The lowest BCUT2D eigenvalue weighted by atomic mass is 10.1. The SMILES string of the molecule is CCCC(NC(C)c1ncc(C)o1)C(=O)O. The summed E-state index contributed by atoms with van der Waals surface area (Å²) in [4.78, 5) is 15.0. The molecular formula is C11H18N2O3. The molecular weight excluding hydrogens is 208 g/mol. The van der Waals surface area contributed by atoms with Crippen LogP contribution in [0.15, 0.2) is 10.6 Å². The molecule has 1 heterocycles. The monoisotopic (exact) mass is 226 g/mol. The molecule has 0 aromatic carbocycles. The third-order valence-electron chi connectivity index (χ3n) is 2.34. The Labute approximate surface area is 94.9 Å². The van der Waals surface area contributed by atoms with E-state index >= 15 is 0 Å². The first-order valence-corrected chi connectivity index (χ1v) is 5.45. The minimum atomic E-state index is -0.836. The predicted octanol–water partition coefficient (Wildman–Crippen LogP) is 1.89. The molecule has 0 bridgehead atoms. The van der Waals surface area contributed by atoms with Crippen molar-refractivity contribution in [3.63, 3.8) is 0 Å². The van der Waals surface area contributed by atoms with Gasteiger partial charge in [0.2, 0.25) is 5.89 Å². The number of aromatic nitrogens is 1. The quantitative estimate of drug-likeness (QED) is 0.774. The van der Waals surface area contributed by atoms with Crippen molar-refractivity contribution in [1.29, 1.82) is 0 Å². The first kappa shape index (κ1) is 12.7. The number of hydrogen-bond acceptors (Lipinski definition) is 4. The molecule has 1 rings (SSSR count). The highest BCUT2D eigenvalue weighted by Gasteiger charge is 2.21. The Bertz CT molecular complexity index is 349. The molecule has 0 aliphatic rings. The van der Waals surface area contributed by atoms with Crippen molar-refractivity contribution in [2.24, 2.45) is 0 Å². The highest BCUT2D eigenvalue weighted by molar-refractivity contribution is 5.73. The van der Waals surface area contributed by atoms with Crippen molar-refractivity contribution in [2.45, 2.75) is 45.7 Å². The van der Waals surface area contributed by atoms with Gasteiger partial charge in [-0.25, -0.2) is 4.98 Å². The number of hydrogen-bond donors (Lipinski definition) is 2. The lowest BCUT2D eigenvalue weighted by Gasteiger charge is -2.17. The summed E-state index contributed by atoms with van der Waals surface area (Å²) in [6.07, 6.45) is 3.05. The van der Waals surface area contributed by atoms with Crippen LogP contribution in [-0.2, 0) is 4.79 Å². The number of aryl methyl sites for hydroxylation is 1. The molecule has 90 valence electrons. The summed E-state index contributed by atoms with van der Waals surface area (Å²) in [6.45, 7) is 5.61. The number of nitrogens with zero attached hydrogens (tertiary/aromatic N) is 1. The van der Waals surface area contributed by atoms with Gasteiger partial charge in [-0.3, -0.25) is 10.1 Å². The van der Waals surface area contributed by atoms with E-state index in [2.05, 4.69) is 10.3 Å². The molecule has 16 heavy (non-hydrogen) atoms. The predicted molar refractivity (Wildman–Crippen MR) is 59.1 cm³/mol. The van der Waals surface area contributed by atoms with Crippen LogP contribution in [-0.4, -0.2) is 22.1 Å². The van der Waals surface area contributed by atoms with Crippen LogP contribution in [0, 0.1) is 6.92 Å². The highest BCUT2D eigenvalue weighted by atomic mass is 16.4. The van der Waals surface area contributed by atoms with E-state index in [1.807, 2.05) is 20.8 Å². The average molecular weight is 226 g/mol. The molecule has 5 nitrogen and oxygen atoms in total. The van der Waals surface area contributed by atoms with E-state index in [-0.39, 0.29) is 6.04 Å². The van der Waals surface area contributed by atoms with Gasteiger partial charge in [-0.05, 0) is 20.3 Å². The number of nitrogens with one attached hydrogen (secondary N) is 1. The van der Waals surface area contributed by atoms with E-state index < -0.39 is 12.0 Å². The molecule has 0 fully saturated rings. The second-order valence-electron chi connectivity index (χ2n) is 3.88. The molecule has 1 aromatic heterocycles. The zero-order valence-electron chi connectivity index (χ0n) is 9.86. The average Bonchev–Trinajstić information content (AvgIpc) is 2.64. The summed E-state index contributed by atoms with van der Waals surface area (Å²) in [5.41, 5.74) is 0. The molecule has 0 radical (unpaired) electrons. The van der Waals surface area contributed by atoms with Gasteiger partial charge >= 0.3 is 5.97 Å².